The number of ether oxygens (including phenoxy) is 1. The van der Waals surface area contributed by atoms with Gasteiger partial charge in [-0.1, -0.05) is 37.9 Å². The lowest BCUT2D eigenvalue weighted by Crippen LogP contribution is -2.18. The Kier molecular flexibility index (Phi) is 8.46. The van der Waals surface area contributed by atoms with Crippen molar-refractivity contribution in [3.63, 3.8) is 0 Å². The molecule has 1 fully saturated rings. The van der Waals surface area contributed by atoms with Crippen LogP contribution in [0.3, 0.4) is 0 Å². The molecule has 1 heterocycles. The molecule has 1 saturated heterocycles. The van der Waals surface area contributed by atoms with E-state index in [1.54, 1.807) is 6.07 Å². The van der Waals surface area contributed by atoms with Gasteiger partial charge in [-0.25, -0.2) is 0 Å². The molecule has 0 saturated carbocycles. The third kappa shape index (κ3) is 6.61. The number of nitro groups is 2. The largest absolute Gasteiger partial charge is 0.381 e. The molecule has 2 aromatic rings. The van der Waals surface area contributed by atoms with Gasteiger partial charge in [-0.05, 0) is 43.4 Å². The van der Waals surface area contributed by atoms with Gasteiger partial charge in [0.25, 0.3) is 5.69 Å². The van der Waals surface area contributed by atoms with Gasteiger partial charge in [0.05, 0.1) is 9.85 Å². The minimum atomic E-state index is -0.821. The van der Waals surface area contributed by atoms with Crippen LogP contribution >= 0.6 is 31.9 Å². The first kappa shape index (κ1) is 22.4. The van der Waals surface area contributed by atoms with Gasteiger partial charge in [0.1, 0.15) is 0 Å². The zero-order chi connectivity index (χ0) is 20.7. The van der Waals surface area contributed by atoms with Crippen molar-refractivity contribution in [2.24, 2.45) is 5.92 Å². The highest BCUT2D eigenvalue weighted by molar-refractivity contribution is 9.10. The molecule has 0 unspecified atom stereocenters. The molecule has 1 aliphatic heterocycles. The van der Waals surface area contributed by atoms with E-state index in [0.29, 0.717) is 10.4 Å². The lowest BCUT2D eigenvalue weighted by molar-refractivity contribution is -0.387. The van der Waals surface area contributed by atoms with Crippen molar-refractivity contribution in [3.05, 3.63) is 77.0 Å². The number of benzene rings is 2. The molecule has 0 aliphatic carbocycles. The van der Waals surface area contributed by atoms with Crippen LogP contribution in [0.5, 0.6) is 0 Å². The van der Waals surface area contributed by atoms with Gasteiger partial charge in [0.2, 0.25) is 5.82 Å². The number of hydrogen-bond donors (Lipinski definition) is 0. The zero-order valence-electron chi connectivity index (χ0n) is 14.6. The lowest BCUT2D eigenvalue weighted by atomic mass is 9.92. The van der Waals surface area contributed by atoms with Crippen LogP contribution in [0, 0.1) is 32.0 Å². The summed E-state index contributed by atoms with van der Waals surface area (Å²) in [6.07, 6.45) is 2.76. The molecule has 28 heavy (non-hydrogen) atoms. The number of nitrogens with zero attached hydrogens (tertiary/aromatic N) is 2. The van der Waals surface area contributed by atoms with E-state index in [1.165, 1.54) is 6.07 Å². The molecule has 2 aromatic carbocycles. The first-order chi connectivity index (χ1) is 13.3. The lowest BCUT2D eigenvalue weighted by Gasteiger charge is -2.21. The standard InChI is InChI=1S/C12H14BrNO3.C6H3BrFNO2/c13-11-2-1-10(12(8-11)14(15)16)7-9-3-5-17-6-4-9;7-4-1-2-5(8)6(3-4)9(10)11/h1-2,8-9H,3-7H2;1-3H. The third-order valence-corrected chi connectivity index (χ3v) is 5.18. The summed E-state index contributed by atoms with van der Waals surface area (Å²) >= 11 is 6.26. The number of halogens is 3. The van der Waals surface area contributed by atoms with Crippen LogP contribution in [-0.4, -0.2) is 23.1 Å². The minimum absolute atomic E-state index is 0.214. The van der Waals surface area contributed by atoms with Crippen LogP contribution < -0.4 is 0 Å². The van der Waals surface area contributed by atoms with Crippen LogP contribution in [0.15, 0.2) is 45.3 Å². The number of rotatable bonds is 4. The van der Waals surface area contributed by atoms with E-state index in [0.717, 1.165) is 54.6 Å². The van der Waals surface area contributed by atoms with Crippen LogP contribution in [0.2, 0.25) is 0 Å². The summed E-state index contributed by atoms with van der Waals surface area (Å²) in [7, 11) is 0. The van der Waals surface area contributed by atoms with Gasteiger partial charge >= 0.3 is 5.69 Å². The average molecular weight is 520 g/mol. The van der Waals surface area contributed by atoms with Crippen molar-refractivity contribution >= 4 is 43.2 Å². The smallest absolute Gasteiger partial charge is 0.305 e. The SMILES string of the molecule is O=[N+]([O-])c1cc(Br)ccc1CC1CCOCC1.O=[N+]([O-])c1cc(Br)ccc1F. The minimum Gasteiger partial charge on any atom is -0.381 e. The van der Waals surface area contributed by atoms with E-state index in [9.17, 15) is 24.6 Å². The molecule has 0 N–H and O–H groups in total. The Morgan fingerprint density at radius 1 is 0.964 bits per heavy atom. The number of nitro benzene ring substituents is 2. The topological polar surface area (TPSA) is 95.5 Å². The maximum absolute atomic E-state index is 12.6. The van der Waals surface area contributed by atoms with E-state index in [1.807, 2.05) is 12.1 Å². The highest BCUT2D eigenvalue weighted by Gasteiger charge is 2.20. The van der Waals surface area contributed by atoms with Crippen molar-refractivity contribution in [2.45, 2.75) is 19.3 Å². The summed E-state index contributed by atoms with van der Waals surface area (Å²) in [6.45, 7) is 1.55. The van der Waals surface area contributed by atoms with Gasteiger partial charge < -0.3 is 4.74 Å². The second-order valence-corrected chi connectivity index (χ2v) is 7.97. The fourth-order valence-corrected chi connectivity index (χ4v) is 3.46. The number of hydrogen-bond acceptors (Lipinski definition) is 5. The van der Waals surface area contributed by atoms with Gasteiger partial charge in [-0.2, -0.15) is 4.39 Å². The molecule has 0 spiro atoms. The van der Waals surface area contributed by atoms with E-state index in [-0.39, 0.29) is 10.6 Å². The van der Waals surface area contributed by atoms with E-state index in [2.05, 4.69) is 31.9 Å². The van der Waals surface area contributed by atoms with Crippen molar-refractivity contribution in [3.8, 4) is 0 Å². The Balaban J connectivity index is 0.000000221. The second-order valence-electron chi connectivity index (χ2n) is 6.14. The van der Waals surface area contributed by atoms with Crippen LogP contribution in [0.25, 0.3) is 0 Å². The monoisotopic (exact) mass is 518 g/mol. The average Bonchev–Trinajstić information content (AvgIpc) is 2.66. The van der Waals surface area contributed by atoms with Crippen LogP contribution in [0.4, 0.5) is 15.8 Å². The van der Waals surface area contributed by atoms with E-state index in [4.69, 9.17) is 4.74 Å². The van der Waals surface area contributed by atoms with Crippen molar-refractivity contribution in [1.82, 2.24) is 0 Å². The highest BCUT2D eigenvalue weighted by atomic mass is 79.9. The Morgan fingerprint density at radius 2 is 1.50 bits per heavy atom. The van der Waals surface area contributed by atoms with Gasteiger partial charge in [0.15, 0.2) is 0 Å². The molecular weight excluding hydrogens is 503 g/mol. The van der Waals surface area contributed by atoms with Gasteiger partial charge in [0, 0.05) is 39.9 Å². The molecule has 10 heteroatoms. The van der Waals surface area contributed by atoms with Crippen LogP contribution in [-0.2, 0) is 11.2 Å². The molecule has 0 bridgehead atoms. The van der Waals surface area contributed by atoms with E-state index < -0.39 is 16.4 Å². The summed E-state index contributed by atoms with van der Waals surface area (Å²) < 4.78 is 19.1. The van der Waals surface area contributed by atoms with Crippen molar-refractivity contribution in [1.29, 1.82) is 0 Å². The first-order valence-electron chi connectivity index (χ1n) is 8.38. The second kappa shape index (κ2) is 10.6. The normalized spacial score (nSPS) is 14.1. The summed E-state index contributed by atoms with van der Waals surface area (Å²) in [5.74, 6) is -0.318. The third-order valence-electron chi connectivity index (χ3n) is 4.20. The summed E-state index contributed by atoms with van der Waals surface area (Å²) in [5, 5.41) is 21.1. The fourth-order valence-electron chi connectivity index (χ4n) is 2.77. The van der Waals surface area contributed by atoms with Crippen molar-refractivity contribution < 1.29 is 19.0 Å². The van der Waals surface area contributed by atoms with E-state index >= 15 is 0 Å². The predicted octanol–water partition coefficient (Wildman–Crippen LogP) is 5.82. The summed E-state index contributed by atoms with van der Waals surface area (Å²) in [4.78, 5) is 20.0. The summed E-state index contributed by atoms with van der Waals surface area (Å²) in [5.41, 5.74) is 0.523. The van der Waals surface area contributed by atoms with Gasteiger partial charge in [-0.3, -0.25) is 20.2 Å². The molecule has 7 nitrogen and oxygen atoms in total. The molecule has 3 rings (SSSR count). The molecule has 0 atom stereocenters. The Morgan fingerprint density at radius 3 is 2.04 bits per heavy atom. The molecule has 0 radical (unpaired) electrons. The molecule has 0 aromatic heterocycles. The predicted molar refractivity (Wildman–Crippen MR) is 109 cm³/mol. The quantitative estimate of drug-likeness (QED) is 0.374. The first-order valence-corrected chi connectivity index (χ1v) is 9.96. The van der Waals surface area contributed by atoms with Crippen molar-refractivity contribution in [2.75, 3.05) is 13.2 Å². The molecular formula is C18H17Br2FN2O5. The Hall–Kier alpha value is -1.91. The highest BCUT2D eigenvalue weighted by Crippen LogP contribution is 2.28. The maximum Gasteiger partial charge on any atom is 0.305 e. The molecule has 0 amide bonds. The van der Waals surface area contributed by atoms with Crippen LogP contribution in [0.1, 0.15) is 18.4 Å². The fraction of sp³-hybridized carbons (Fsp3) is 0.333. The summed E-state index contributed by atoms with van der Waals surface area (Å²) in [6, 6.07) is 8.86. The van der Waals surface area contributed by atoms with Gasteiger partial charge in [-0.15, -0.1) is 0 Å². The maximum atomic E-state index is 12.6. The molecule has 150 valence electrons. The molecule has 1 aliphatic rings. The Bertz CT molecular complexity index is 860. The zero-order valence-corrected chi connectivity index (χ0v) is 17.8. The Labute approximate surface area is 177 Å².